The highest BCUT2D eigenvalue weighted by Gasteiger charge is 2.38. The molecule has 2 amide bonds. The Morgan fingerprint density at radius 1 is 1.15 bits per heavy atom. The number of halogens is 2. The van der Waals surface area contributed by atoms with E-state index in [2.05, 4.69) is 0 Å². The summed E-state index contributed by atoms with van der Waals surface area (Å²) in [5, 5.41) is 0.621. The van der Waals surface area contributed by atoms with Gasteiger partial charge in [-0.15, -0.1) is 12.4 Å². The molecule has 4 rings (SSSR count). The molecule has 1 saturated heterocycles. The van der Waals surface area contributed by atoms with Gasteiger partial charge in [0, 0.05) is 41.6 Å². The number of benzene rings is 2. The van der Waals surface area contributed by atoms with Crippen LogP contribution >= 0.6 is 24.0 Å². The van der Waals surface area contributed by atoms with E-state index >= 15 is 0 Å². The van der Waals surface area contributed by atoms with Gasteiger partial charge >= 0.3 is 0 Å². The minimum Gasteiger partial charge on any atom is -0.398 e. The van der Waals surface area contributed by atoms with E-state index in [1.54, 1.807) is 21.9 Å². The molecule has 1 unspecified atom stereocenters. The lowest BCUT2D eigenvalue weighted by molar-refractivity contribution is -0.124. The number of fused-ring (bicyclic) bond motifs is 1. The Labute approximate surface area is 169 Å². The fourth-order valence-corrected chi connectivity index (χ4v) is 3.97. The van der Waals surface area contributed by atoms with Crippen molar-refractivity contribution in [3.8, 4) is 0 Å². The zero-order valence-corrected chi connectivity index (χ0v) is 16.3. The normalized spacial score (nSPS) is 18.9. The third kappa shape index (κ3) is 3.62. The molecule has 2 aromatic carbocycles. The Hall–Kier alpha value is -2.24. The molecule has 7 heteroatoms. The first-order valence-electron chi connectivity index (χ1n) is 8.79. The quantitative estimate of drug-likeness (QED) is 0.774. The van der Waals surface area contributed by atoms with Crippen molar-refractivity contribution in [1.82, 2.24) is 0 Å². The SMILES string of the molecule is Cl.Nc1cccc2c1CCCN2C(=O)C1CC(=O)N(c2ccc(Cl)cc2)C1. The number of amides is 2. The Bertz CT molecular complexity index is 870. The summed E-state index contributed by atoms with van der Waals surface area (Å²) < 4.78 is 0. The van der Waals surface area contributed by atoms with E-state index < -0.39 is 0 Å². The van der Waals surface area contributed by atoms with Crippen LogP contribution in [0.2, 0.25) is 5.02 Å². The van der Waals surface area contributed by atoms with E-state index in [1.165, 1.54) is 0 Å². The molecule has 0 saturated carbocycles. The van der Waals surface area contributed by atoms with Crippen LogP contribution in [0, 0.1) is 5.92 Å². The molecule has 0 aliphatic carbocycles. The van der Waals surface area contributed by atoms with Crippen LogP contribution in [-0.4, -0.2) is 24.9 Å². The lowest BCUT2D eigenvalue weighted by Gasteiger charge is -2.32. The van der Waals surface area contributed by atoms with E-state index in [-0.39, 0.29) is 36.6 Å². The van der Waals surface area contributed by atoms with Crippen LogP contribution in [0.25, 0.3) is 0 Å². The summed E-state index contributed by atoms with van der Waals surface area (Å²) in [6.45, 7) is 1.06. The molecule has 1 fully saturated rings. The maximum absolute atomic E-state index is 13.1. The van der Waals surface area contributed by atoms with E-state index in [1.807, 2.05) is 30.3 Å². The summed E-state index contributed by atoms with van der Waals surface area (Å²) >= 11 is 5.92. The molecular weight excluding hydrogens is 385 g/mol. The van der Waals surface area contributed by atoms with E-state index in [9.17, 15) is 9.59 Å². The van der Waals surface area contributed by atoms with Gasteiger partial charge in [0.05, 0.1) is 5.92 Å². The molecular formula is C20H21Cl2N3O2. The van der Waals surface area contributed by atoms with E-state index in [0.29, 0.717) is 18.1 Å². The topological polar surface area (TPSA) is 66.6 Å². The van der Waals surface area contributed by atoms with Crippen LogP contribution in [0.3, 0.4) is 0 Å². The zero-order chi connectivity index (χ0) is 18.3. The van der Waals surface area contributed by atoms with Gasteiger partial charge in [0.1, 0.15) is 0 Å². The standard InChI is InChI=1S/C20H20ClN3O2.ClH/c21-14-6-8-15(9-7-14)24-12-13(11-19(24)25)20(26)23-10-2-3-16-17(22)4-1-5-18(16)23;/h1,4-9,13H,2-3,10-12,22H2;1H. The van der Waals surface area contributed by atoms with Crippen molar-refractivity contribution >= 4 is 52.9 Å². The molecule has 2 aromatic rings. The maximum Gasteiger partial charge on any atom is 0.232 e. The molecule has 27 heavy (non-hydrogen) atoms. The Balaban J connectivity index is 0.00000210. The van der Waals surface area contributed by atoms with Gasteiger partial charge < -0.3 is 15.5 Å². The van der Waals surface area contributed by atoms with Crippen LogP contribution in [0.15, 0.2) is 42.5 Å². The summed E-state index contributed by atoms with van der Waals surface area (Å²) in [6, 6.07) is 12.8. The number of nitrogens with two attached hydrogens (primary N) is 1. The van der Waals surface area contributed by atoms with Crippen molar-refractivity contribution in [1.29, 1.82) is 0 Å². The maximum atomic E-state index is 13.1. The molecule has 0 radical (unpaired) electrons. The Morgan fingerprint density at radius 2 is 1.89 bits per heavy atom. The fraction of sp³-hybridized carbons (Fsp3) is 0.300. The van der Waals surface area contributed by atoms with Crippen molar-refractivity contribution in [3.63, 3.8) is 0 Å². The number of nitrogen functional groups attached to an aromatic ring is 1. The van der Waals surface area contributed by atoms with Crippen LogP contribution in [0.4, 0.5) is 17.1 Å². The second-order valence-corrected chi connectivity index (χ2v) is 7.26. The fourth-order valence-electron chi connectivity index (χ4n) is 3.84. The number of hydrogen-bond donors (Lipinski definition) is 1. The lowest BCUT2D eigenvalue weighted by atomic mass is 9.97. The molecule has 2 aliphatic rings. The minimum atomic E-state index is -0.342. The average molecular weight is 406 g/mol. The van der Waals surface area contributed by atoms with Crippen LogP contribution < -0.4 is 15.5 Å². The number of rotatable bonds is 2. The summed E-state index contributed by atoms with van der Waals surface area (Å²) in [6.07, 6.45) is 2.00. The first-order chi connectivity index (χ1) is 12.5. The number of carbonyl (C=O) groups is 2. The van der Waals surface area contributed by atoms with Gasteiger partial charge in [-0.25, -0.2) is 0 Å². The van der Waals surface area contributed by atoms with Gasteiger partial charge in [-0.2, -0.15) is 0 Å². The van der Waals surface area contributed by atoms with Crippen LogP contribution in [0.5, 0.6) is 0 Å². The van der Waals surface area contributed by atoms with Gasteiger partial charge in [-0.1, -0.05) is 17.7 Å². The van der Waals surface area contributed by atoms with Crippen molar-refractivity contribution in [2.75, 3.05) is 28.6 Å². The van der Waals surface area contributed by atoms with Crippen molar-refractivity contribution < 1.29 is 9.59 Å². The zero-order valence-electron chi connectivity index (χ0n) is 14.7. The first-order valence-corrected chi connectivity index (χ1v) is 9.17. The highest BCUT2D eigenvalue weighted by atomic mass is 35.5. The van der Waals surface area contributed by atoms with E-state index in [4.69, 9.17) is 17.3 Å². The molecule has 2 aliphatic heterocycles. The summed E-state index contributed by atoms with van der Waals surface area (Å²) in [5.74, 6) is -0.373. The molecule has 2 heterocycles. The van der Waals surface area contributed by atoms with Crippen LogP contribution in [0.1, 0.15) is 18.4 Å². The number of carbonyl (C=O) groups excluding carboxylic acids is 2. The largest absolute Gasteiger partial charge is 0.398 e. The number of anilines is 3. The second kappa shape index (κ2) is 7.79. The van der Waals surface area contributed by atoms with E-state index in [0.717, 1.165) is 35.5 Å². The summed E-state index contributed by atoms with van der Waals surface area (Å²) in [4.78, 5) is 29.1. The molecule has 5 nitrogen and oxygen atoms in total. The summed E-state index contributed by atoms with van der Waals surface area (Å²) in [5.41, 5.74) is 9.50. The third-order valence-electron chi connectivity index (χ3n) is 5.17. The average Bonchev–Trinajstić information content (AvgIpc) is 3.03. The predicted octanol–water partition coefficient (Wildman–Crippen LogP) is 3.68. The van der Waals surface area contributed by atoms with Crippen molar-refractivity contribution in [3.05, 3.63) is 53.1 Å². The lowest BCUT2D eigenvalue weighted by Crippen LogP contribution is -2.40. The predicted molar refractivity (Wildman–Crippen MR) is 111 cm³/mol. The third-order valence-corrected chi connectivity index (χ3v) is 5.42. The highest BCUT2D eigenvalue weighted by Crippen LogP contribution is 2.34. The number of hydrogen-bond acceptors (Lipinski definition) is 3. The van der Waals surface area contributed by atoms with Gasteiger partial charge in [-0.3, -0.25) is 9.59 Å². The van der Waals surface area contributed by atoms with Crippen LogP contribution in [-0.2, 0) is 16.0 Å². The first kappa shape index (κ1) is 19.5. The second-order valence-electron chi connectivity index (χ2n) is 6.82. The molecule has 142 valence electrons. The smallest absolute Gasteiger partial charge is 0.232 e. The number of nitrogens with zero attached hydrogens (tertiary/aromatic N) is 2. The molecule has 2 N–H and O–H groups in total. The van der Waals surface area contributed by atoms with Gasteiger partial charge in [0.15, 0.2) is 0 Å². The van der Waals surface area contributed by atoms with Gasteiger partial charge in [0.2, 0.25) is 11.8 Å². The molecule has 0 spiro atoms. The molecule has 0 aromatic heterocycles. The minimum absolute atomic E-state index is 0. The highest BCUT2D eigenvalue weighted by molar-refractivity contribution is 6.30. The van der Waals surface area contributed by atoms with Crippen molar-refractivity contribution in [2.24, 2.45) is 5.92 Å². The molecule has 0 bridgehead atoms. The van der Waals surface area contributed by atoms with Gasteiger partial charge in [-0.05, 0) is 54.8 Å². The van der Waals surface area contributed by atoms with Gasteiger partial charge in [0.25, 0.3) is 0 Å². The Kier molecular flexibility index (Phi) is 5.63. The molecule has 1 atom stereocenters. The Morgan fingerprint density at radius 3 is 2.63 bits per heavy atom. The summed E-state index contributed by atoms with van der Waals surface area (Å²) in [7, 11) is 0. The van der Waals surface area contributed by atoms with Crippen molar-refractivity contribution in [2.45, 2.75) is 19.3 Å². The monoisotopic (exact) mass is 405 g/mol.